The van der Waals surface area contributed by atoms with E-state index in [1.54, 1.807) is 16.7 Å². The number of fused-ring (bicyclic) bond motifs is 1. The molecule has 0 bridgehead atoms. The molecule has 0 amide bonds. The summed E-state index contributed by atoms with van der Waals surface area (Å²) in [5.41, 5.74) is 2.69. The monoisotopic (exact) mass is 306 g/mol. The zero-order chi connectivity index (χ0) is 15.8. The van der Waals surface area contributed by atoms with Crippen LogP contribution in [0.2, 0.25) is 0 Å². The molecule has 1 unspecified atom stereocenters. The lowest BCUT2D eigenvalue weighted by Gasteiger charge is -2.15. The third-order valence-electron chi connectivity index (χ3n) is 4.43. The van der Waals surface area contributed by atoms with Crippen LogP contribution in [-0.4, -0.2) is 14.5 Å². The molecule has 0 radical (unpaired) electrons. The van der Waals surface area contributed by atoms with Crippen LogP contribution in [0, 0.1) is 5.92 Å². The molecule has 1 atom stereocenters. The highest BCUT2D eigenvalue weighted by atomic mass is 16.3. The summed E-state index contributed by atoms with van der Waals surface area (Å²) in [5, 5.41) is 10.6. The Morgan fingerprint density at radius 3 is 2.61 bits per heavy atom. The number of aromatic nitrogens is 2. The maximum Gasteiger partial charge on any atom is 0.261 e. The van der Waals surface area contributed by atoms with Gasteiger partial charge in [-0.3, -0.25) is 9.20 Å². The van der Waals surface area contributed by atoms with Gasteiger partial charge in [-0.1, -0.05) is 36.4 Å². The average molecular weight is 306 g/mol. The van der Waals surface area contributed by atoms with Gasteiger partial charge in [-0.15, -0.1) is 0 Å². The fourth-order valence-corrected chi connectivity index (χ4v) is 2.99. The summed E-state index contributed by atoms with van der Waals surface area (Å²) in [6.45, 7) is 0. The highest BCUT2D eigenvalue weighted by molar-refractivity contribution is 5.42. The number of nitrogens with zero attached hydrogens (tertiary/aromatic N) is 2. The fraction of sp³-hybridized carbons (Fsp3) is 0.263. The van der Waals surface area contributed by atoms with Crippen molar-refractivity contribution < 1.29 is 5.11 Å². The molecule has 23 heavy (non-hydrogen) atoms. The van der Waals surface area contributed by atoms with Gasteiger partial charge in [-0.2, -0.15) is 0 Å². The van der Waals surface area contributed by atoms with Crippen LogP contribution >= 0.6 is 0 Å². The molecule has 1 saturated carbocycles. The predicted molar refractivity (Wildman–Crippen MR) is 88.4 cm³/mol. The van der Waals surface area contributed by atoms with Gasteiger partial charge in [0.05, 0.1) is 11.8 Å². The van der Waals surface area contributed by atoms with Gasteiger partial charge in [-0.25, -0.2) is 4.98 Å². The van der Waals surface area contributed by atoms with Crippen molar-refractivity contribution in [3.8, 4) is 0 Å². The van der Waals surface area contributed by atoms with Crippen molar-refractivity contribution in [3.05, 3.63) is 81.9 Å². The molecule has 4 heteroatoms. The van der Waals surface area contributed by atoms with Crippen LogP contribution in [0.3, 0.4) is 0 Å². The molecule has 2 heterocycles. The van der Waals surface area contributed by atoms with Crippen molar-refractivity contribution in [1.82, 2.24) is 9.38 Å². The van der Waals surface area contributed by atoms with E-state index >= 15 is 0 Å². The molecule has 4 nitrogen and oxygen atoms in total. The second-order valence-corrected chi connectivity index (χ2v) is 6.15. The van der Waals surface area contributed by atoms with Crippen molar-refractivity contribution in [1.29, 1.82) is 0 Å². The van der Waals surface area contributed by atoms with Crippen molar-refractivity contribution in [2.24, 2.45) is 5.92 Å². The van der Waals surface area contributed by atoms with Gasteiger partial charge >= 0.3 is 0 Å². The van der Waals surface area contributed by atoms with Crippen molar-refractivity contribution >= 4 is 5.65 Å². The first kappa shape index (κ1) is 14.2. The van der Waals surface area contributed by atoms with Crippen LogP contribution in [-0.2, 0) is 6.42 Å². The lowest BCUT2D eigenvalue weighted by Crippen LogP contribution is -2.24. The SMILES string of the molecule is O=c1c(Cc2ccccc2)c(C(O)C2CC2)nc2ccccn12. The quantitative estimate of drug-likeness (QED) is 0.806. The Morgan fingerprint density at radius 2 is 1.87 bits per heavy atom. The Kier molecular flexibility index (Phi) is 3.46. The van der Waals surface area contributed by atoms with Crippen LogP contribution in [0.1, 0.15) is 35.8 Å². The lowest BCUT2D eigenvalue weighted by atomic mass is 10.00. The summed E-state index contributed by atoms with van der Waals surface area (Å²) in [6, 6.07) is 15.3. The summed E-state index contributed by atoms with van der Waals surface area (Å²) in [4.78, 5) is 17.5. The second kappa shape index (κ2) is 5.63. The summed E-state index contributed by atoms with van der Waals surface area (Å²) < 4.78 is 1.56. The number of aliphatic hydroxyl groups is 1. The summed E-state index contributed by atoms with van der Waals surface area (Å²) in [7, 11) is 0. The normalized spacial score (nSPS) is 15.7. The third kappa shape index (κ3) is 2.66. The van der Waals surface area contributed by atoms with E-state index in [2.05, 4.69) is 4.98 Å². The largest absolute Gasteiger partial charge is 0.386 e. The van der Waals surface area contributed by atoms with Crippen LogP contribution in [0.25, 0.3) is 5.65 Å². The van der Waals surface area contributed by atoms with Crippen LogP contribution in [0.5, 0.6) is 0 Å². The Balaban J connectivity index is 1.90. The van der Waals surface area contributed by atoms with E-state index in [-0.39, 0.29) is 11.5 Å². The molecule has 1 aliphatic carbocycles. The predicted octanol–water partition coefficient (Wildman–Crippen LogP) is 2.73. The van der Waals surface area contributed by atoms with Crippen LogP contribution in [0.15, 0.2) is 59.5 Å². The van der Waals surface area contributed by atoms with Gasteiger partial charge in [0.15, 0.2) is 0 Å². The smallest absolute Gasteiger partial charge is 0.261 e. The van der Waals surface area contributed by atoms with Crippen molar-refractivity contribution in [2.45, 2.75) is 25.4 Å². The van der Waals surface area contributed by atoms with E-state index in [0.29, 0.717) is 23.3 Å². The molecule has 116 valence electrons. The van der Waals surface area contributed by atoms with E-state index in [4.69, 9.17) is 0 Å². The van der Waals surface area contributed by atoms with E-state index in [1.165, 1.54) is 0 Å². The Labute approximate surface area is 134 Å². The second-order valence-electron chi connectivity index (χ2n) is 6.15. The first-order valence-electron chi connectivity index (χ1n) is 7.96. The summed E-state index contributed by atoms with van der Waals surface area (Å²) >= 11 is 0. The van der Waals surface area contributed by atoms with Crippen molar-refractivity contribution in [2.75, 3.05) is 0 Å². The summed E-state index contributed by atoms with van der Waals surface area (Å²) in [5.74, 6) is 0.239. The van der Waals surface area contributed by atoms with E-state index in [0.717, 1.165) is 18.4 Å². The minimum Gasteiger partial charge on any atom is -0.386 e. The first-order valence-corrected chi connectivity index (χ1v) is 7.96. The Morgan fingerprint density at radius 1 is 1.13 bits per heavy atom. The summed E-state index contributed by atoms with van der Waals surface area (Å²) in [6.07, 6.45) is 3.58. The first-order chi connectivity index (χ1) is 11.2. The molecule has 0 spiro atoms. The Hall–Kier alpha value is -2.46. The number of benzene rings is 1. The van der Waals surface area contributed by atoms with Gasteiger partial charge in [0.2, 0.25) is 0 Å². The molecular weight excluding hydrogens is 288 g/mol. The minimum absolute atomic E-state index is 0.0887. The highest BCUT2D eigenvalue weighted by Gasteiger charge is 2.34. The van der Waals surface area contributed by atoms with Gasteiger partial charge in [0.1, 0.15) is 5.65 Å². The van der Waals surface area contributed by atoms with Gasteiger partial charge in [0, 0.05) is 18.2 Å². The topological polar surface area (TPSA) is 54.6 Å². The number of hydrogen-bond donors (Lipinski definition) is 1. The number of rotatable bonds is 4. The molecule has 1 aromatic carbocycles. The zero-order valence-corrected chi connectivity index (χ0v) is 12.7. The van der Waals surface area contributed by atoms with E-state index < -0.39 is 6.10 Å². The minimum atomic E-state index is -0.647. The molecule has 0 saturated heterocycles. The zero-order valence-electron chi connectivity index (χ0n) is 12.7. The number of hydrogen-bond acceptors (Lipinski definition) is 3. The molecule has 2 aromatic heterocycles. The van der Waals surface area contributed by atoms with Gasteiger partial charge in [-0.05, 0) is 36.5 Å². The average Bonchev–Trinajstić information content (AvgIpc) is 3.43. The van der Waals surface area contributed by atoms with Crippen molar-refractivity contribution in [3.63, 3.8) is 0 Å². The van der Waals surface area contributed by atoms with Crippen LogP contribution < -0.4 is 5.56 Å². The molecule has 1 fully saturated rings. The number of pyridine rings is 1. The number of aliphatic hydroxyl groups excluding tert-OH is 1. The Bertz CT molecular complexity index is 898. The van der Waals surface area contributed by atoms with E-state index in [9.17, 15) is 9.90 Å². The molecule has 0 aliphatic heterocycles. The highest BCUT2D eigenvalue weighted by Crippen LogP contribution is 2.41. The fourth-order valence-electron chi connectivity index (χ4n) is 2.99. The van der Waals surface area contributed by atoms with Gasteiger partial charge in [0.25, 0.3) is 5.56 Å². The van der Waals surface area contributed by atoms with E-state index in [1.807, 2.05) is 42.5 Å². The third-order valence-corrected chi connectivity index (χ3v) is 4.43. The standard InChI is InChI=1S/C19H18N2O2/c22-18(14-9-10-14)17-15(12-13-6-2-1-3-7-13)19(23)21-11-5-4-8-16(21)20-17/h1-8,11,14,18,22H,9-10,12H2. The molecular formula is C19H18N2O2. The molecule has 3 aromatic rings. The lowest BCUT2D eigenvalue weighted by molar-refractivity contribution is 0.148. The van der Waals surface area contributed by atoms with Crippen LogP contribution in [0.4, 0.5) is 0 Å². The maximum atomic E-state index is 12.9. The molecule has 1 N–H and O–H groups in total. The molecule has 4 rings (SSSR count). The maximum absolute atomic E-state index is 12.9. The molecule has 1 aliphatic rings. The van der Waals surface area contributed by atoms with Gasteiger partial charge < -0.3 is 5.11 Å².